The van der Waals surface area contributed by atoms with Crippen molar-refractivity contribution in [3.05, 3.63) is 29.8 Å². The highest BCUT2D eigenvalue weighted by Crippen LogP contribution is 2.04. The number of benzene rings is 1. The molecule has 0 spiro atoms. The van der Waals surface area contributed by atoms with Crippen molar-refractivity contribution < 1.29 is 9.53 Å². The van der Waals surface area contributed by atoms with Gasteiger partial charge in [0.1, 0.15) is 6.61 Å². The Labute approximate surface area is 83.1 Å². The van der Waals surface area contributed by atoms with Crippen LogP contribution < -0.4 is 11.1 Å². The molecule has 0 heterocycles. The van der Waals surface area contributed by atoms with E-state index in [1.54, 1.807) is 12.1 Å². The first-order chi connectivity index (χ1) is 6.72. The lowest BCUT2D eigenvalue weighted by atomic mass is 10.2. The van der Waals surface area contributed by atoms with Gasteiger partial charge in [-0.2, -0.15) is 0 Å². The molecule has 0 bridgehead atoms. The summed E-state index contributed by atoms with van der Waals surface area (Å²) in [6.07, 6.45) is 0. The summed E-state index contributed by atoms with van der Waals surface area (Å²) in [6, 6.07) is 7.36. The third kappa shape index (κ3) is 3.45. The van der Waals surface area contributed by atoms with Crippen LogP contribution >= 0.6 is 0 Å². The Hall–Kier alpha value is -1.55. The number of nitrogens with two attached hydrogens (primary N) is 1. The summed E-state index contributed by atoms with van der Waals surface area (Å²) in [4.78, 5) is 11.0. The predicted octanol–water partition coefficient (Wildman–Crippen LogP) is 0.531. The maximum absolute atomic E-state index is 11.0. The van der Waals surface area contributed by atoms with Gasteiger partial charge in [0.05, 0.1) is 0 Å². The summed E-state index contributed by atoms with van der Waals surface area (Å²) in [7, 11) is 1.49. The summed E-state index contributed by atoms with van der Waals surface area (Å²) in [5, 5.41) is 2.71. The predicted molar refractivity (Wildman–Crippen MR) is 54.6 cm³/mol. The lowest BCUT2D eigenvalue weighted by molar-refractivity contribution is -0.124. The van der Waals surface area contributed by atoms with Gasteiger partial charge < -0.3 is 15.8 Å². The van der Waals surface area contributed by atoms with E-state index in [1.165, 1.54) is 7.11 Å². The highest BCUT2D eigenvalue weighted by molar-refractivity contribution is 5.77. The lowest BCUT2D eigenvalue weighted by Gasteiger charge is -2.04. The fourth-order valence-corrected chi connectivity index (χ4v) is 1.02. The molecule has 0 fully saturated rings. The van der Waals surface area contributed by atoms with Crippen molar-refractivity contribution in [3.63, 3.8) is 0 Å². The third-order valence-corrected chi connectivity index (χ3v) is 1.74. The fraction of sp³-hybridized carbons (Fsp3) is 0.300. The summed E-state index contributed by atoms with van der Waals surface area (Å²) >= 11 is 0. The Morgan fingerprint density at radius 2 is 2.07 bits per heavy atom. The van der Waals surface area contributed by atoms with Crippen molar-refractivity contribution in [2.75, 3.05) is 19.5 Å². The van der Waals surface area contributed by atoms with Crippen molar-refractivity contribution in [1.82, 2.24) is 5.32 Å². The number of nitrogen functional groups attached to an aromatic ring is 1. The topological polar surface area (TPSA) is 64.3 Å². The van der Waals surface area contributed by atoms with Gasteiger partial charge >= 0.3 is 0 Å². The summed E-state index contributed by atoms with van der Waals surface area (Å²) in [5.74, 6) is -0.121. The van der Waals surface area contributed by atoms with Crippen LogP contribution in [0.4, 0.5) is 5.69 Å². The van der Waals surface area contributed by atoms with Crippen LogP contribution in [0.1, 0.15) is 5.56 Å². The highest BCUT2D eigenvalue weighted by atomic mass is 16.5. The van der Waals surface area contributed by atoms with Gasteiger partial charge in [0.15, 0.2) is 0 Å². The molecule has 0 atom stereocenters. The van der Waals surface area contributed by atoms with E-state index in [9.17, 15) is 4.79 Å². The number of rotatable bonds is 4. The van der Waals surface area contributed by atoms with Crippen LogP contribution in [-0.4, -0.2) is 19.6 Å². The van der Waals surface area contributed by atoms with E-state index in [0.717, 1.165) is 11.3 Å². The molecule has 1 rings (SSSR count). The number of nitrogens with one attached hydrogen (secondary N) is 1. The van der Waals surface area contributed by atoms with Crippen molar-refractivity contribution in [2.24, 2.45) is 0 Å². The van der Waals surface area contributed by atoms with Gasteiger partial charge in [0.25, 0.3) is 0 Å². The monoisotopic (exact) mass is 194 g/mol. The number of ether oxygens (including phenoxy) is 1. The second-order valence-corrected chi connectivity index (χ2v) is 2.95. The van der Waals surface area contributed by atoms with Crippen LogP contribution in [0.2, 0.25) is 0 Å². The van der Waals surface area contributed by atoms with Crippen LogP contribution in [0.5, 0.6) is 0 Å². The minimum Gasteiger partial charge on any atom is -0.399 e. The van der Waals surface area contributed by atoms with Gasteiger partial charge in [-0.15, -0.1) is 0 Å². The molecule has 0 aliphatic carbocycles. The Balaban J connectivity index is 2.38. The molecule has 0 unspecified atom stereocenters. The van der Waals surface area contributed by atoms with E-state index in [0.29, 0.717) is 6.54 Å². The van der Waals surface area contributed by atoms with Crippen molar-refractivity contribution in [2.45, 2.75) is 6.54 Å². The van der Waals surface area contributed by atoms with Crippen LogP contribution in [-0.2, 0) is 16.1 Å². The number of methoxy groups -OCH3 is 1. The SMILES string of the molecule is COCC(=O)NCc1ccc(N)cc1. The molecule has 1 aromatic carbocycles. The number of amides is 1. The molecule has 3 N–H and O–H groups in total. The second-order valence-electron chi connectivity index (χ2n) is 2.95. The molecular weight excluding hydrogens is 180 g/mol. The Morgan fingerprint density at radius 1 is 1.43 bits per heavy atom. The maximum Gasteiger partial charge on any atom is 0.246 e. The quantitative estimate of drug-likeness (QED) is 0.687. The molecule has 1 aromatic rings. The van der Waals surface area contributed by atoms with E-state index in [2.05, 4.69) is 10.1 Å². The minimum absolute atomic E-state index is 0.0922. The lowest BCUT2D eigenvalue weighted by Crippen LogP contribution is -2.26. The van der Waals surface area contributed by atoms with Gasteiger partial charge in [-0.1, -0.05) is 12.1 Å². The van der Waals surface area contributed by atoms with Gasteiger partial charge in [0, 0.05) is 19.3 Å². The molecule has 0 aliphatic heterocycles. The van der Waals surface area contributed by atoms with Gasteiger partial charge in [0.2, 0.25) is 5.91 Å². The van der Waals surface area contributed by atoms with Crippen LogP contribution in [0.15, 0.2) is 24.3 Å². The van der Waals surface area contributed by atoms with Crippen molar-refractivity contribution >= 4 is 11.6 Å². The van der Waals surface area contributed by atoms with Gasteiger partial charge in [-0.3, -0.25) is 4.79 Å². The van der Waals surface area contributed by atoms with E-state index in [1.807, 2.05) is 12.1 Å². The molecule has 0 saturated carbocycles. The second kappa shape index (κ2) is 5.24. The fourth-order valence-electron chi connectivity index (χ4n) is 1.02. The third-order valence-electron chi connectivity index (χ3n) is 1.74. The molecule has 4 heteroatoms. The molecule has 0 saturated heterocycles. The van der Waals surface area contributed by atoms with Crippen LogP contribution in [0, 0.1) is 0 Å². The number of hydrogen-bond acceptors (Lipinski definition) is 3. The summed E-state index contributed by atoms with van der Waals surface area (Å²) < 4.78 is 4.68. The smallest absolute Gasteiger partial charge is 0.246 e. The first-order valence-electron chi connectivity index (χ1n) is 4.32. The van der Waals surface area contributed by atoms with Gasteiger partial charge in [-0.25, -0.2) is 0 Å². The zero-order valence-electron chi connectivity index (χ0n) is 8.12. The average Bonchev–Trinajstić information content (AvgIpc) is 2.17. The molecule has 14 heavy (non-hydrogen) atoms. The molecular formula is C10H14N2O2. The molecule has 1 amide bonds. The minimum atomic E-state index is -0.121. The first kappa shape index (κ1) is 10.5. The molecule has 4 nitrogen and oxygen atoms in total. The first-order valence-corrected chi connectivity index (χ1v) is 4.32. The van der Waals surface area contributed by atoms with Crippen molar-refractivity contribution in [3.8, 4) is 0 Å². The Kier molecular flexibility index (Phi) is 3.94. The number of carbonyl (C=O) groups excluding carboxylic acids is 1. The number of anilines is 1. The van der Waals surface area contributed by atoms with E-state index < -0.39 is 0 Å². The largest absolute Gasteiger partial charge is 0.399 e. The normalized spacial score (nSPS) is 9.79. The van der Waals surface area contributed by atoms with E-state index in [-0.39, 0.29) is 12.5 Å². The number of carbonyl (C=O) groups is 1. The summed E-state index contributed by atoms with van der Waals surface area (Å²) in [6.45, 7) is 0.595. The van der Waals surface area contributed by atoms with E-state index in [4.69, 9.17) is 5.73 Å². The molecule has 0 radical (unpaired) electrons. The van der Waals surface area contributed by atoms with Crippen LogP contribution in [0.3, 0.4) is 0 Å². The average molecular weight is 194 g/mol. The Bertz CT molecular complexity index is 295. The maximum atomic E-state index is 11.0. The molecule has 0 aliphatic rings. The van der Waals surface area contributed by atoms with Crippen molar-refractivity contribution in [1.29, 1.82) is 0 Å². The molecule has 76 valence electrons. The standard InChI is InChI=1S/C10H14N2O2/c1-14-7-10(13)12-6-8-2-4-9(11)5-3-8/h2-5H,6-7,11H2,1H3,(H,12,13). The van der Waals surface area contributed by atoms with E-state index >= 15 is 0 Å². The van der Waals surface area contributed by atoms with Crippen LogP contribution in [0.25, 0.3) is 0 Å². The zero-order chi connectivity index (χ0) is 10.4. The molecule has 0 aromatic heterocycles. The zero-order valence-corrected chi connectivity index (χ0v) is 8.12. The van der Waals surface area contributed by atoms with Gasteiger partial charge in [-0.05, 0) is 17.7 Å². The number of hydrogen-bond donors (Lipinski definition) is 2. The Morgan fingerprint density at radius 3 is 2.64 bits per heavy atom. The summed E-state index contributed by atoms with van der Waals surface area (Å²) in [5.41, 5.74) is 7.26. The highest BCUT2D eigenvalue weighted by Gasteiger charge is 1.99.